The maximum absolute atomic E-state index is 12.6. The minimum Gasteiger partial charge on any atom is -0.395 e. The average Bonchev–Trinajstić information content (AvgIpc) is 2.48. The van der Waals surface area contributed by atoms with Gasteiger partial charge in [-0.2, -0.15) is 0 Å². The van der Waals surface area contributed by atoms with Crippen molar-refractivity contribution in [2.75, 3.05) is 32.8 Å². The van der Waals surface area contributed by atoms with Gasteiger partial charge in [-0.1, -0.05) is 26.8 Å². The summed E-state index contributed by atoms with van der Waals surface area (Å²) in [6, 6.07) is 4.08. The molecule has 0 bridgehead atoms. The molecule has 0 aromatic carbocycles. The standard InChI is InChI=1S/C17H27N3O2/c1-13-12-20(8-7-19(13)9-10-21)16(22)15-6-5-14(11-18-15)17(2,3)4/h5-6,11,13,21H,7-10,12H2,1-4H3. The first-order valence-electron chi connectivity index (χ1n) is 7.93. The number of aliphatic hydroxyl groups excluding tert-OH is 1. The van der Waals surface area contributed by atoms with E-state index in [9.17, 15) is 4.79 Å². The number of carbonyl (C=O) groups excluding carboxylic acids is 1. The second kappa shape index (κ2) is 6.75. The molecule has 2 heterocycles. The third-order valence-electron chi connectivity index (χ3n) is 4.29. The lowest BCUT2D eigenvalue weighted by atomic mass is 9.88. The molecular formula is C17H27N3O2. The largest absolute Gasteiger partial charge is 0.395 e. The van der Waals surface area contributed by atoms with Crippen LogP contribution in [0.5, 0.6) is 0 Å². The summed E-state index contributed by atoms with van der Waals surface area (Å²) in [4.78, 5) is 21.0. The second-order valence-corrected chi connectivity index (χ2v) is 7.04. The highest BCUT2D eigenvalue weighted by Gasteiger charge is 2.27. The lowest BCUT2D eigenvalue weighted by Crippen LogP contribution is -2.54. The molecule has 22 heavy (non-hydrogen) atoms. The Bertz CT molecular complexity index is 508. The highest BCUT2D eigenvalue weighted by Crippen LogP contribution is 2.21. The van der Waals surface area contributed by atoms with Crippen molar-refractivity contribution in [1.82, 2.24) is 14.8 Å². The van der Waals surface area contributed by atoms with Crippen LogP contribution in [0.2, 0.25) is 0 Å². The summed E-state index contributed by atoms with van der Waals surface area (Å²) in [5.41, 5.74) is 1.68. The van der Waals surface area contributed by atoms with Crippen LogP contribution in [0.25, 0.3) is 0 Å². The molecule has 1 unspecified atom stereocenters. The fourth-order valence-electron chi connectivity index (χ4n) is 2.77. The van der Waals surface area contributed by atoms with Gasteiger partial charge in [-0.05, 0) is 24.0 Å². The van der Waals surface area contributed by atoms with Crippen molar-refractivity contribution < 1.29 is 9.90 Å². The van der Waals surface area contributed by atoms with Gasteiger partial charge in [0.05, 0.1) is 6.61 Å². The lowest BCUT2D eigenvalue weighted by Gasteiger charge is -2.39. The first-order valence-corrected chi connectivity index (χ1v) is 7.93. The summed E-state index contributed by atoms with van der Waals surface area (Å²) in [7, 11) is 0. The van der Waals surface area contributed by atoms with Crippen molar-refractivity contribution >= 4 is 5.91 Å². The van der Waals surface area contributed by atoms with Gasteiger partial charge in [0, 0.05) is 38.4 Å². The molecule has 1 aliphatic heterocycles. The van der Waals surface area contributed by atoms with Crippen molar-refractivity contribution in [2.24, 2.45) is 0 Å². The van der Waals surface area contributed by atoms with Crippen molar-refractivity contribution in [1.29, 1.82) is 0 Å². The summed E-state index contributed by atoms with van der Waals surface area (Å²) in [6.45, 7) is 11.5. The normalized spacial score (nSPS) is 20.2. The molecule has 0 spiro atoms. The van der Waals surface area contributed by atoms with Crippen LogP contribution in [0.1, 0.15) is 43.7 Å². The number of aliphatic hydroxyl groups is 1. The number of rotatable bonds is 3. The Morgan fingerprint density at radius 1 is 1.36 bits per heavy atom. The lowest BCUT2D eigenvalue weighted by molar-refractivity contribution is 0.0465. The highest BCUT2D eigenvalue weighted by atomic mass is 16.3. The molecule has 1 N–H and O–H groups in total. The molecule has 122 valence electrons. The van der Waals surface area contributed by atoms with E-state index in [0.717, 1.165) is 12.1 Å². The van der Waals surface area contributed by atoms with Gasteiger partial charge in [-0.3, -0.25) is 14.7 Å². The van der Waals surface area contributed by atoms with Crippen molar-refractivity contribution in [3.8, 4) is 0 Å². The van der Waals surface area contributed by atoms with Gasteiger partial charge in [0.1, 0.15) is 5.69 Å². The molecule has 0 radical (unpaired) electrons. The molecule has 1 aliphatic rings. The molecule has 0 saturated carbocycles. The molecule has 1 atom stereocenters. The van der Waals surface area contributed by atoms with Gasteiger partial charge >= 0.3 is 0 Å². The third-order valence-corrected chi connectivity index (χ3v) is 4.29. The van der Waals surface area contributed by atoms with E-state index in [-0.39, 0.29) is 24.0 Å². The summed E-state index contributed by atoms with van der Waals surface area (Å²) in [6.07, 6.45) is 1.80. The Morgan fingerprint density at radius 3 is 2.59 bits per heavy atom. The van der Waals surface area contributed by atoms with Gasteiger partial charge in [-0.25, -0.2) is 0 Å². The fraction of sp³-hybridized carbons (Fsp3) is 0.647. The Kier molecular flexibility index (Phi) is 5.19. The SMILES string of the molecule is CC1CN(C(=O)c2ccc(C(C)(C)C)cn2)CCN1CCO. The van der Waals surface area contributed by atoms with Crippen LogP contribution < -0.4 is 0 Å². The van der Waals surface area contributed by atoms with Crippen molar-refractivity contribution in [3.05, 3.63) is 29.6 Å². The van der Waals surface area contributed by atoms with Crippen molar-refractivity contribution in [2.45, 2.75) is 39.2 Å². The first-order chi connectivity index (χ1) is 10.3. The second-order valence-electron chi connectivity index (χ2n) is 7.04. The van der Waals surface area contributed by atoms with E-state index < -0.39 is 0 Å². The molecular weight excluding hydrogens is 278 g/mol. The molecule has 5 nitrogen and oxygen atoms in total. The zero-order chi connectivity index (χ0) is 16.3. The number of piperazine rings is 1. The van der Waals surface area contributed by atoms with Crippen LogP contribution >= 0.6 is 0 Å². The van der Waals surface area contributed by atoms with E-state index in [4.69, 9.17) is 5.11 Å². The fourth-order valence-corrected chi connectivity index (χ4v) is 2.77. The van der Waals surface area contributed by atoms with Crippen LogP contribution in [-0.4, -0.2) is 64.6 Å². The van der Waals surface area contributed by atoms with E-state index in [1.165, 1.54) is 0 Å². The Hall–Kier alpha value is -1.46. The summed E-state index contributed by atoms with van der Waals surface area (Å²) < 4.78 is 0. The van der Waals surface area contributed by atoms with Crippen LogP contribution in [0, 0.1) is 0 Å². The summed E-state index contributed by atoms with van der Waals surface area (Å²) in [5.74, 6) is -0.00374. The number of hydrogen-bond acceptors (Lipinski definition) is 4. The smallest absolute Gasteiger partial charge is 0.272 e. The Balaban J connectivity index is 2.03. The van der Waals surface area contributed by atoms with E-state index in [2.05, 4.69) is 37.6 Å². The topological polar surface area (TPSA) is 56.7 Å². The number of amides is 1. The van der Waals surface area contributed by atoms with Crippen molar-refractivity contribution in [3.63, 3.8) is 0 Å². The monoisotopic (exact) mass is 305 g/mol. The van der Waals surface area contributed by atoms with E-state index in [1.807, 2.05) is 17.0 Å². The first kappa shape index (κ1) is 16.9. The van der Waals surface area contributed by atoms with Gasteiger partial charge in [0.15, 0.2) is 0 Å². The van der Waals surface area contributed by atoms with Gasteiger partial charge in [0.25, 0.3) is 5.91 Å². The van der Waals surface area contributed by atoms with E-state index in [0.29, 0.717) is 25.3 Å². The maximum Gasteiger partial charge on any atom is 0.272 e. The summed E-state index contributed by atoms with van der Waals surface area (Å²) >= 11 is 0. The zero-order valence-electron chi connectivity index (χ0n) is 14.0. The molecule has 1 aromatic heterocycles. The van der Waals surface area contributed by atoms with E-state index >= 15 is 0 Å². The quantitative estimate of drug-likeness (QED) is 0.920. The number of hydrogen-bond donors (Lipinski definition) is 1. The number of aromatic nitrogens is 1. The maximum atomic E-state index is 12.6. The number of carbonyl (C=O) groups is 1. The Morgan fingerprint density at radius 2 is 2.09 bits per heavy atom. The molecule has 0 aliphatic carbocycles. The minimum absolute atomic E-state index is 0.00374. The average molecular weight is 305 g/mol. The zero-order valence-corrected chi connectivity index (χ0v) is 14.0. The molecule has 1 aromatic rings. The molecule has 1 fully saturated rings. The Labute approximate surface area is 132 Å². The predicted octanol–water partition coefficient (Wildman–Crippen LogP) is 1.52. The number of β-amino-alcohol motifs (C(OH)–C–C–N with tert-alkyl or cyclic N) is 1. The molecule has 2 rings (SSSR count). The molecule has 5 heteroatoms. The third kappa shape index (κ3) is 3.84. The van der Waals surface area contributed by atoms with Gasteiger partial charge in [-0.15, -0.1) is 0 Å². The number of pyridine rings is 1. The van der Waals surface area contributed by atoms with Crippen LogP contribution in [-0.2, 0) is 5.41 Å². The number of nitrogens with zero attached hydrogens (tertiary/aromatic N) is 3. The van der Waals surface area contributed by atoms with Gasteiger partial charge < -0.3 is 10.0 Å². The van der Waals surface area contributed by atoms with Crippen LogP contribution in [0.3, 0.4) is 0 Å². The molecule has 1 saturated heterocycles. The molecule has 1 amide bonds. The van der Waals surface area contributed by atoms with Crippen LogP contribution in [0.15, 0.2) is 18.3 Å². The van der Waals surface area contributed by atoms with E-state index in [1.54, 1.807) is 6.20 Å². The minimum atomic E-state index is -0.00374. The predicted molar refractivity (Wildman–Crippen MR) is 87.0 cm³/mol. The highest BCUT2D eigenvalue weighted by molar-refractivity contribution is 5.92. The van der Waals surface area contributed by atoms with Crippen LogP contribution in [0.4, 0.5) is 0 Å². The van der Waals surface area contributed by atoms with Gasteiger partial charge in [0.2, 0.25) is 0 Å². The summed E-state index contributed by atoms with van der Waals surface area (Å²) in [5, 5.41) is 9.05.